The van der Waals surface area contributed by atoms with Crippen molar-refractivity contribution >= 4 is 35.0 Å². The first-order chi connectivity index (χ1) is 13.5. The van der Waals surface area contributed by atoms with Gasteiger partial charge < -0.3 is 15.5 Å². The largest absolute Gasteiger partial charge is 0.352 e. The Bertz CT molecular complexity index is 867. The zero-order valence-electron chi connectivity index (χ0n) is 15.4. The molecular formula is C21H22ClN3O3. The van der Waals surface area contributed by atoms with Gasteiger partial charge in [-0.05, 0) is 48.4 Å². The molecule has 0 radical (unpaired) electrons. The zero-order valence-corrected chi connectivity index (χ0v) is 16.2. The highest BCUT2D eigenvalue weighted by atomic mass is 35.5. The molecule has 0 saturated carbocycles. The van der Waals surface area contributed by atoms with Crippen LogP contribution in [0.2, 0.25) is 5.02 Å². The maximum atomic E-state index is 12.1. The van der Waals surface area contributed by atoms with E-state index in [2.05, 4.69) is 10.6 Å². The minimum absolute atomic E-state index is 0.161. The number of nitrogens with zero attached hydrogens (tertiary/aromatic N) is 1. The van der Waals surface area contributed by atoms with Crippen molar-refractivity contribution in [2.75, 3.05) is 18.4 Å². The first-order valence-corrected chi connectivity index (χ1v) is 9.59. The topological polar surface area (TPSA) is 78.5 Å². The van der Waals surface area contributed by atoms with E-state index in [9.17, 15) is 14.4 Å². The number of rotatable bonds is 7. The predicted octanol–water partition coefficient (Wildman–Crippen LogP) is 3.22. The van der Waals surface area contributed by atoms with Crippen LogP contribution in [0.25, 0.3) is 0 Å². The number of amides is 3. The fourth-order valence-electron chi connectivity index (χ4n) is 3.06. The number of carbonyl (C=O) groups is 3. The molecule has 2 N–H and O–H groups in total. The van der Waals surface area contributed by atoms with Crippen molar-refractivity contribution in [3.63, 3.8) is 0 Å². The van der Waals surface area contributed by atoms with E-state index in [0.29, 0.717) is 29.2 Å². The third-order valence-corrected chi connectivity index (χ3v) is 4.75. The number of anilines is 1. The normalized spacial score (nSPS) is 13.5. The first-order valence-electron chi connectivity index (χ1n) is 9.21. The summed E-state index contributed by atoms with van der Waals surface area (Å²) < 4.78 is 0. The maximum absolute atomic E-state index is 12.1. The predicted molar refractivity (Wildman–Crippen MR) is 108 cm³/mol. The minimum Gasteiger partial charge on any atom is -0.352 e. The highest BCUT2D eigenvalue weighted by Gasteiger charge is 2.20. The Morgan fingerprint density at radius 1 is 1.11 bits per heavy atom. The van der Waals surface area contributed by atoms with Crippen molar-refractivity contribution in [1.82, 2.24) is 10.2 Å². The van der Waals surface area contributed by atoms with Gasteiger partial charge in [0.2, 0.25) is 11.8 Å². The van der Waals surface area contributed by atoms with E-state index in [-0.39, 0.29) is 30.7 Å². The summed E-state index contributed by atoms with van der Waals surface area (Å²) in [5, 5.41) is 6.10. The Morgan fingerprint density at radius 2 is 1.89 bits per heavy atom. The number of carbonyl (C=O) groups excluding carboxylic acids is 3. The third kappa shape index (κ3) is 5.57. The number of benzene rings is 2. The molecule has 0 unspecified atom stereocenters. The molecule has 0 aromatic heterocycles. The van der Waals surface area contributed by atoms with Crippen molar-refractivity contribution in [2.24, 2.45) is 0 Å². The van der Waals surface area contributed by atoms with Crippen LogP contribution in [0, 0.1) is 0 Å². The summed E-state index contributed by atoms with van der Waals surface area (Å²) in [6.45, 7) is 1.57. The third-order valence-electron chi connectivity index (χ3n) is 4.50. The zero-order chi connectivity index (χ0) is 19.9. The average Bonchev–Trinajstić information content (AvgIpc) is 3.07. The van der Waals surface area contributed by atoms with Gasteiger partial charge in [-0.15, -0.1) is 0 Å². The number of nitrogens with one attached hydrogen (secondary N) is 2. The van der Waals surface area contributed by atoms with Crippen LogP contribution in [0.5, 0.6) is 0 Å². The van der Waals surface area contributed by atoms with Gasteiger partial charge in [0.25, 0.3) is 5.91 Å². The molecule has 0 bridgehead atoms. The number of likely N-dealkylation sites (tertiary alicyclic amines) is 1. The van der Waals surface area contributed by atoms with Crippen molar-refractivity contribution in [2.45, 2.75) is 25.8 Å². The van der Waals surface area contributed by atoms with Crippen LogP contribution in [0.3, 0.4) is 0 Å². The Hall–Kier alpha value is -2.86. The van der Waals surface area contributed by atoms with Gasteiger partial charge in [0.15, 0.2) is 0 Å². The van der Waals surface area contributed by atoms with Crippen LogP contribution in [-0.2, 0) is 16.1 Å². The first kappa shape index (κ1) is 19.9. The molecule has 7 heteroatoms. The van der Waals surface area contributed by atoms with E-state index in [1.165, 1.54) is 0 Å². The average molecular weight is 400 g/mol. The lowest BCUT2D eigenvalue weighted by atomic mass is 10.2. The molecular weight excluding hydrogens is 378 g/mol. The Morgan fingerprint density at radius 3 is 2.61 bits per heavy atom. The van der Waals surface area contributed by atoms with Crippen LogP contribution in [0.15, 0.2) is 48.5 Å². The summed E-state index contributed by atoms with van der Waals surface area (Å²) in [6.07, 6.45) is 1.67. The van der Waals surface area contributed by atoms with E-state index in [1.54, 1.807) is 30.3 Å². The molecule has 0 atom stereocenters. The van der Waals surface area contributed by atoms with Crippen LogP contribution < -0.4 is 10.6 Å². The smallest absolute Gasteiger partial charge is 0.251 e. The van der Waals surface area contributed by atoms with E-state index in [4.69, 9.17) is 11.6 Å². The molecule has 1 aliphatic heterocycles. The quantitative estimate of drug-likeness (QED) is 0.750. The molecule has 2 aromatic carbocycles. The standard InChI is InChI=1S/C21H22ClN3O3/c22-17-8-6-16(7-9-17)21(28)23-11-10-19(26)24-18-4-1-3-15(13-18)14-25-12-2-5-20(25)27/h1,3-4,6-9,13H,2,5,10-12,14H2,(H,23,28)(H,24,26). The summed E-state index contributed by atoms with van der Waals surface area (Å²) in [4.78, 5) is 37.7. The van der Waals surface area contributed by atoms with Crippen molar-refractivity contribution in [3.05, 3.63) is 64.7 Å². The summed E-state index contributed by atoms with van der Waals surface area (Å²) in [7, 11) is 0. The van der Waals surface area contributed by atoms with Crippen molar-refractivity contribution < 1.29 is 14.4 Å². The fourth-order valence-corrected chi connectivity index (χ4v) is 3.18. The van der Waals surface area contributed by atoms with Crippen LogP contribution in [0.4, 0.5) is 5.69 Å². The number of hydrogen-bond acceptors (Lipinski definition) is 3. The van der Waals surface area contributed by atoms with Gasteiger partial charge in [0.1, 0.15) is 0 Å². The molecule has 3 rings (SSSR count). The molecule has 0 spiro atoms. The van der Waals surface area contributed by atoms with Crippen LogP contribution >= 0.6 is 11.6 Å². The maximum Gasteiger partial charge on any atom is 0.251 e. The van der Waals surface area contributed by atoms with Gasteiger partial charge >= 0.3 is 0 Å². The van der Waals surface area contributed by atoms with Gasteiger partial charge in [-0.2, -0.15) is 0 Å². The molecule has 2 aromatic rings. The van der Waals surface area contributed by atoms with Gasteiger partial charge in [0.05, 0.1) is 0 Å². The molecule has 6 nitrogen and oxygen atoms in total. The Kier molecular flexibility index (Phi) is 6.66. The lowest BCUT2D eigenvalue weighted by Crippen LogP contribution is -2.27. The second-order valence-electron chi connectivity index (χ2n) is 6.68. The Labute approximate surface area is 168 Å². The molecule has 1 fully saturated rings. The summed E-state index contributed by atoms with van der Waals surface area (Å²) in [6, 6.07) is 14.0. The summed E-state index contributed by atoms with van der Waals surface area (Å²) in [5.74, 6) is -0.265. The highest BCUT2D eigenvalue weighted by Crippen LogP contribution is 2.17. The van der Waals surface area contributed by atoms with E-state index in [1.807, 2.05) is 23.1 Å². The molecule has 1 heterocycles. The highest BCUT2D eigenvalue weighted by molar-refractivity contribution is 6.30. The van der Waals surface area contributed by atoms with E-state index >= 15 is 0 Å². The SMILES string of the molecule is O=C(CCNC(=O)c1ccc(Cl)cc1)Nc1cccc(CN2CCCC2=O)c1. The lowest BCUT2D eigenvalue weighted by molar-refractivity contribution is -0.128. The fraction of sp³-hybridized carbons (Fsp3) is 0.286. The van der Waals surface area contributed by atoms with Gasteiger partial charge in [-0.1, -0.05) is 23.7 Å². The molecule has 146 valence electrons. The van der Waals surface area contributed by atoms with E-state index in [0.717, 1.165) is 18.5 Å². The molecule has 3 amide bonds. The second kappa shape index (κ2) is 9.37. The van der Waals surface area contributed by atoms with Crippen LogP contribution in [-0.4, -0.2) is 35.7 Å². The molecule has 1 saturated heterocycles. The van der Waals surface area contributed by atoms with Gasteiger partial charge in [-0.3, -0.25) is 14.4 Å². The summed E-state index contributed by atoms with van der Waals surface area (Å²) in [5.41, 5.74) is 2.15. The van der Waals surface area contributed by atoms with Crippen molar-refractivity contribution in [1.29, 1.82) is 0 Å². The van der Waals surface area contributed by atoms with Gasteiger partial charge in [-0.25, -0.2) is 0 Å². The van der Waals surface area contributed by atoms with E-state index < -0.39 is 0 Å². The molecule has 28 heavy (non-hydrogen) atoms. The lowest BCUT2D eigenvalue weighted by Gasteiger charge is -2.16. The second-order valence-corrected chi connectivity index (χ2v) is 7.12. The number of hydrogen-bond donors (Lipinski definition) is 2. The number of halogens is 1. The van der Waals surface area contributed by atoms with Crippen LogP contribution in [0.1, 0.15) is 35.2 Å². The minimum atomic E-state index is -0.248. The van der Waals surface area contributed by atoms with Gasteiger partial charge in [0, 0.05) is 48.7 Å². The van der Waals surface area contributed by atoms with Crippen molar-refractivity contribution in [3.8, 4) is 0 Å². The molecule has 1 aliphatic rings. The summed E-state index contributed by atoms with van der Waals surface area (Å²) >= 11 is 5.80. The Balaban J connectivity index is 1.45. The monoisotopic (exact) mass is 399 g/mol. The molecule has 0 aliphatic carbocycles.